The molecule has 1 amide bonds. The molecule has 27 heavy (non-hydrogen) atoms. The van der Waals surface area contributed by atoms with Gasteiger partial charge in [0.1, 0.15) is 5.54 Å². The van der Waals surface area contributed by atoms with Crippen LogP contribution in [0, 0.1) is 0 Å². The Morgan fingerprint density at radius 3 is 2.30 bits per heavy atom. The molecule has 0 saturated carbocycles. The fourth-order valence-corrected chi connectivity index (χ4v) is 4.00. The van der Waals surface area contributed by atoms with Crippen LogP contribution in [-0.4, -0.2) is 49.7 Å². The summed E-state index contributed by atoms with van der Waals surface area (Å²) < 4.78 is 5.20. The van der Waals surface area contributed by atoms with Crippen LogP contribution in [0.25, 0.3) is 0 Å². The van der Waals surface area contributed by atoms with Gasteiger partial charge in [0, 0.05) is 32.5 Å². The molecule has 1 aliphatic carbocycles. The van der Waals surface area contributed by atoms with Gasteiger partial charge in [0.2, 0.25) is 5.91 Å². The molecule has 144 valence electrons. The second-order valence-electron chi connectivity index (χ2n) is 7.64. The minimum atomic E-state index is -0.541. The van der Waals surface area contributed by atoms with E-state index in [2.05, 4.69) is 65.8 Å². The third kappa shape index (κ3) is 4.40. The topological polar surface area (TPSA) is 41.6 Å². The van der Waals surface area contributed by atoms with Crippen molar-refractivity contribution in [2.45, 2.75) is 37.8 Å². The number of hydrogen-bond acceptors (Lipinski definition) is 3. The van der Waals surface area contributed by atoms with Gasteiger partial charge in [-0.15, -0.1) is 0 Å². The first-order chi connectivity index (χ1) is 13.0. The van der Waals surface area contributed by atoms with Gasteiger partial charge in [-0.05, 0) is 37.1 Å². The number of rotatable bonds is 8. The summed E-state index contributed by atoms with van der Waals surface area (Å²) in [5.41, 5.74) is 3.31. The van der Waals surface area contributed by atoms with E-state index in [-0.39, 0.29) is 11.9 Å². The Morgan fingerprint density at radius 2 is 1.70 bits per heavy atom. The van der Waals surface area contributed by atoms with Crippen molar-refractivity contribution in [3.63, 3.8) is 0 Å². The maximum absolute atomic E-state index is 13.4. The number of carbonyl (C=O) groups is 1. The van der Waals surface area contributed by atoms with Gasteiger partial charge < -0.3 is 10.1 Å². The Bertz CT molecular complexity index is 735. The average molecular weight is 367 g/mol. The molecule has 1 atom stereocenters. The second kappa shape index (κ2) is 8.68. The molecule has 0 aromatic heterocycles. The standard InChI is InChI=1S/C23H30N2O2/c1-18(17-27-3)24-22(26)23(15-20-11-7-8-12-21(20)16-23)25(2)14-13-19-9-5-4-6-10-19/h4-12,18H,13-17H2,1-3H3,(H,24,26)/t18-/m0/s1. The van der Waals surface area contributed by atoms with Crippen molar-refractivity contribution in [1.82, 2.24) is 10.2 Å². The van der Waals surface area contributed by atoms with E-state index >= 15 is 0 Å². The number of nitrogens with zero attached hydrogens (tertiary/aromatic N) is 1. The largest absolute Gasteiger partial charge is 0.383 e. The van der Waals surface area contributed by atoms with Gasteiger partial charge in [-0.1, -0.05) is 54.6 Å². The number of likely N-dealkylation sites (N-methyl/N-ethyl adjacent to an activating group) is 1. The van der Waals surface area contributed by atoms with Crippen molar-refractivity contribution in [2.24, 2.45) is 0 Å². The van der Waals surface area contributed by atoms with Gasteiger partial charge in [-0.25, -0.2) is 0 Å². The number of fused-ring (bicyclic) bond motifs is 1. The highest BCUT2D eigenvalue weighted by Crippen LogP contribution is 2.34. The van der Waals surface area contributed by atoms with Crippen molar-refractivity contribution in [3.8, 4) is 0 Å². The van der Waals surface area contributed by atoms with E-state index in [1.807, 2.05) is 13.0 Å². The lowest BCUT2D eigenvalue weighted by Gasteiger charge is -2.38. The first-order valence-electron chi connectivity index (χ1n) is 9.67. The van der Waals surface area contributed by atoms with Crippen molar-refractivity contribution in [3.05, 3.63) is 71.3 Å². The highest BCUT2D eigenvalue weighted by Gasteiger charge is 2.47. The maximum Gasteiger partial charge on any atom is 0.241 e. The zero-order valence-electron chi connectivity index (χ0n) is 16.6. The minimum absolute atomic E-state index is 0.00869. The van der Waals surface area contributed by atoms with E-state index in [4.69, 9.17) is 4.74 Å². The summed E-state index contributed by atoms with van der Waals surface area (Å²) in [6.07, 6.45) is 2.43. The van der Waals surface area contributed by atoms with Crippen LogP contribution in [0.15, 0.2) is 54.6 Å². The highest BCUT2D eigenvalue weighted by molar-refractivity contribution is 5.88. The number of carbonyl (C=O) groups excluding carboxylic acids is 1. The van der Waals surface area contributed by atoms with E-state index < -0.39 is 5.54 Å². The monoisotopic (exact) mass is 366 g/mol. The molecule has 0 saturated heterocycles. The van der Waals surface area contributed by atoms with Gasteiger partial charge in [0.25, 0.3) is 0 Å². The fourth-order valence-electron chi connectivity index (χ4n) is 4.00. The molecule has 1 N–H and O–H groups in total. The smallest absolute Gasteiger partial charge is 0.241 e. The summed E-state index contributed by atoms with van der Waals surface area (Å²) in [5, 5.41) is 3.17. The lowest BCUT2D eigenvalue weighted by atomic mass is 9.91. The summed E-state index contributed by atoms with van der Waals surface area (Å²) in [5.74, 6) is 0.0961. The molecular formula is C23H30N2O2. The number of methoxy groups -OCH3 is 1. The number of nitrogens with one attached hydrogen (secondary N) is 1. The molecule has 4 nitrogen and oxygen atoms in total. The Balaban J connectivity index is 1.79. The predicted molar refractivity (Wildman–Crippen MR) is 109 cm³/mol. The van der Waals surface area contributed by atoms with Gasteiger partial charge in [0.05, 0.1) is 6.61 Å². The van der Waals surface area contributed by atoms with Crippen LogP contribution in [0.4, 0.5) is 0 Å². The van der Waals surface area contributed by atoms with E-state index in [1.165, 1.54) is 16.7 Å². The number of benzene rings is 2. The number of amides is 1. The fraction of sp³-hybridized carbons (Fsp3) is 0.435. The van der Waals surface area contributed by atoms with Crippen LogP contribution in [0.5, 0.6) is 0 Å². The van der Waals surface area contributed by atoms with Gasteiger partial charge in [-0.3, -0.25) is 9.69 Å². The highest BCUT2D eigenvalue weighted by atomic mass is 16.5. The summed E-state index contributed by atoms with van der Waals surface area (Å²) in [4.78, 5) is 15.6. The molecular weight excluding hydrogens is 336 g/mol. The SMILES string of the molecule is COC[C@H](C)NC(=O)C1(N(C)CCc2ccccc2)Cc2ccccc2C1. The van der Waals surface area contributed by atoms with Gasteiger partial charge in [-0.2, -0.15) is 0 Å². The van der Waals surface area contributed by atoms with Crippen LogP contribution in [0.3, 0.4) is 0 Å². The van der Waals surface area contributed by atoms with Gasteiger partial charge >= 0.3 is 0 Å². The number of ether oxygens (including phenoxy) is 1. The molecule has 0 unspecified atom stereocenters. The molecule has 3 rings (SSSR count). The lowest BCUT2D eigenvalue weighted by molar-refractivity contribution is -0.133. The average Bonchev–Trinajstić information content (AvgIpc) is 3.08. The van der Waals surface area contributed by atoms with E-state index in [1.54, 1.807) is 7.11 Å². The molecule has 4 heteroatoms. The van der Waals surface area contributed by atoms with Crippen molar-refractivity contribution in [1.29, 1.82) is 0 Å². The van der Waals surface area contributed by atoms with E-state index in [9.17, 15) is 4.79 Å². The quantitative estimate of drug-likeness (QED) is 0.781. The molecule has 1 aliphatic rings. The third-order valence-corrected chi connectivity index (χ3v) is 5.61. The van der Waals surface area contributed by atoms with Gasteiger partial charge in [0.15, 0.2) is 0 Å². The molecule has 0 spiro atoms. The van der Waals surface area contributed by atoms with Crippen LogP contribution < -0.4 is 5.32 Å². The lowest BCUT2D eigenvalue weighted by Crippen LogP contribution is -2.60. The zero-order valence-corrected chi connectivity index (χ0v) is 16.6. The molecule has 2 aromatic carbocycles. The van der Waals surface area contributed by atoms with Crippen molar-refractivity contribution in [2.75, 3.05) is 27.3 Å². The summed E-state index contributed by atoms with van der Waals surface area (Å²) >= 11 is 0. The molecule has 0 heterocycles. The second-order valence-corrected chi connectivity index (χ2v) is 7.64. The van der Waals surface area contributed by atoms with Crippen LogP contribution in [-0.2, 0) is 28.8 Å². The molecule has 0 radical (unpaired) electrons. The maximum atomic E-state index is 13.4. The van der Waals surface area contributed by atoms with Crippen molar-refractivity contribution >= 4 is 5.91 Å². The Morgan fingerprint density at radius 1 is 1.11 bits per heavy atom. The van der Waals surface area contributed by atoms with Crippen molar-refractivity contribution < 1.29 is 9.53 Å². The number of hydrogen-bond donors (Lipinski definition) is 1. The normalized spacial score (nSPS) is 16.1. The van der Waals surface area contributed by atoms with E-state index in [0.29, 0.717) is 6.61 Å². The zero-order chi connectivity index (χ0) is 19.3. The molecule has 2 aromatic rings. The summed E-state index contributed by atoms with van der Waals surface area (Å²) in [7, 11) is 3.74. The third-order valence-electron chi connectivity index (χ3n) is 5.61. The summed E-state index contributed by atoms with van der Waals surface area (Å²) in [6, 6.07) is 18.9. The van der Waals surface area contributed by atoms with E-state index in [0.717, 1.165) is 25.8 Å². The van der Waals surface area contributed by atoms with Crippen LogP contribution in [0.2, 0.25) is 0 Å². The Kier molecular flexibility index (Phi) is 6.30. The van der Waals surface area contributed by atoms with Crippen LogP contribution in [0.1, 0.15) is 23.6 Å². The Hall–Kier alpha value is -2.17. The molecule has 0 bridgehead atoms. The first-order valence-corrected chi connectivity index (χ1v) is 9.67. The predicted octanol–water partition coefficient (Wildman–Crippen LogP) is 2.85. The minimum Gasteiger partial charge on any atom is -0.383 e. The first kappa shape index (κ1) is 19.6. The van der Waals surface area contributed by atoms with Crippen LogP contribution >= 0.6 is 0 Å². The molecule has 0 aliphatic heterocycles. The Labute approximate surface area is 162 Å². The molecule has 0 fully saturated rings. The summed E-state index contributed by atoms with van der Waals surface area (Å²) in [6.45, 7) is 3.34.